The molecular formula is C17H21N3O. The zero-order chi connectivity index (χ0) is 15.2. The Morgan fingerprint density at radius 1 is 1.19 bits per heavy atom. The highest BCUT2D eigenvalue weighted by Crippen LogP contribution is 2.21. The number of anilines is 2. The van der Waals surface area contributed by atoms with E-state index >= 15 is 0 Å². The minimum Gasteiger partial charge on any atom is -0.384 e. The van der Waals surface area contributed by atoms with E-state index < -0.39 is 0 Å². The molecule has 1 heterocycles. The van der Waals surface area contributed by atoms with Gasteiger partial charge in [-0.3, -0.25) is 4.79 Å². The molecule has 0 radical (unpaired) electrons. The third kappa shape index (κ3) is 3.60. The highest BCUT2D eigenvalue weighted by molar-refractivity contribution is 6.03. The summed E-state index contributed by atoms with van der Waals surface area (Å²) in [6.07, 6.45) is 2.56. The Morgan fingerprint density at radius 2 is 2.00 bits per heavy atom. The third-order valence-electron chi connectivity index (χ3n) is 3.36. The fourth-order valence-electron chi connectivity index (χ4n) is 2.22. The van der Waals surface area contributed by atoms with E-state index in [0.29, 0.717) is 5.69 Å². The van der Waals surface area contributed by atoms with Crippen molar-refractivity contribution in [3.05, 3.63) is 53.3 Å². The normalized spacial score (nSPS) is 10.2. The number of pyridine rings is 1. The molecule has 110 valence electrons. The molecule has 0 aliphatic rings. The number of aromatic nitrogens is 1. The van der Waals surface area contributed by atoms with Crippen molar-refractivity contribution in [3.63, 3.8) is 0 Å². The summed E-state index contributed by atoms with van der Waals surface area (Å²) < 4.78 is 0. The van der Waals surface area contributed by atoms with E-state index in [1.54, 1.807) is 12.3 Å². The van der Waals surface area contributed by atoms with Crippen LogP contribution in [0.1, 0.15) is 35.5 Å². The number of para-hydroxylation sites is 1. The largest absolute Gasteiger partial charge is 0.384 e. The Balaban J connectivity index is 2.18. The lowest BCUT2D eigenvalue weighted by Crippen LogP contribution is -2.15. The second-order valence-electron chi connectivity index (χ2n) is 4.88. The minimum absolute atomic E-state index is 0.179. The second kappa shape index (κ2) is 6.88. The van der Waals surface area contributed by atoms with Crippen molar-refractivity contribution in [1.29, 1.82) is 0 Å². The molecule has 0 unspecified atom stereocenters. The van der Waals surface area contributed by atoms with E-state index in [1.165, 1.54) is 0 Å². The number of hydrogen-bond donors (Lipinski definition) is 2. The van der Waals surface area contributed by atoms with Crippen LogP contribution in [0, 0.1) is 6.92 Å². The van der Waals surface area contributed by atoms with E-state index in [0.717, 1.165) is 35.5 Å². The number of carbonyl (C=O) groups is 1. The van der Waals surface area contributed by atoms with Crippen LogP contribution in [-0.4, -0.2) is 17.4 Å². The molecule has 1 amide bonds. The van der Waals surface area contributed by atoms with Gasteiger partial charge in [0.2, 0.25) is 0 Å². The summed E-state index contributed by atoms with van der Waals surface area (Å²) in [5.74, 6) is -0.179. The molecule has 0 atom stereocenters. The van der Waals surface area contributed by atoms with Gasteiger partial charge in [0.05, 0.1) is 11.9 Å². The fraction of sp³-hybridized carbons (Fsp3) is 0.294. The van der Waals surface area contributed by atoms with Crippen LogP contribution in [0.5, 0.6) is 0 Å². The van der Waals surface area contributed by atoms with Gasteiger partial charge in [0, 0.05) is 12.2 Å². The fourth-order valence-corrected chi connectivity index (χ4v) is 2.22. The summed E-state index contributed by atoms with van der Waals surface area (Å²) in [5, 5.41) is 6.13. The molecule has 2 N–H and O–H groups in total. The van der Waals surface area contributed by atoms with Crippen LogP contribution in [0.3, 0.4) is 0 Å². The third-order valence-corrected chi connectivity index (χ3v) is 3.36. The maximum atomic E-state index is 12.3. The van der Waals surface area contributed by atoms with Gasteiger partial charge in [-0.1, -0.05) is 25.1 Å². The number of aryl methyl sites for hydroxylation is 2. The van der Waals surface area contributed by atoms with E-state index in [-0.39, 0.29) is 5.91 Å². The maximum absolute atomic E-state index is 12.3. The number of hydrogen-bond acceptors (Lipinski definition) is 3. The van der Waals surface area contributed by atoms with Gasteiger partial charge in [-0.05, 0) is 43.5 Å². The Kier molecular flexibility index (Phi) is 4.93. The van der Waals surface area contributed by atoms with Crippen molar-refractivity contribution >= 4 is 17.3 Å². The molecule has 0 spiro atoms. The number of benzene rings is 1. The number of nitrogens with zero attached hydrogens (tertiary/aromatic N) is 1. The lowest BCUT2D eigenvalue weighted by Gasteiger charge is -2.12. The SMILES string of the molecule is CCNc1ccc(C(=O)Nc2c(C)cccc2CC)nc1. The van der Waals surface area contributed by atoms with Crippen molar-refractivity contribution in [1.82, 2.24) is 4.98 Å². The molecule has 1 aromatic carbocycles. The van der Waals surface area contributed by atoms with Crippen molar-refractivity contribution in [2.24, 2.45) is 0 Å². The van der Waals surface area contributed by atoms with Crippen LogP contribution in [0.4, 0.5) is 11.4 Å². The van der Waals surface area contributed by atoms with Crippen LogP contribution >= 0.6 is 0 Å². The van der Waals surface area contributed by atoms with E-state index in [1.807, 2.05) is 38.1 Å². The van der Waals surface area contributed by atoms with Gasteiger partial charge in [0.25, 0.3) is 5.91 Å². The topological polar surface area (TPSA) is 54.0 Å². The predicted molar refractivity (Wildman–Crippen MR) is 86.9 cm³/mol. The summed E-state index contributed by atoms with van der Waals surface area (Å²) in [4.78, 5) is 16.5. The van der Waals surface area contributed by atoms with E-state index in [4.69, 9.17) is 0 Å². The van der Waals surface area contributed by atoms with Gasteiger partial charge in [0.1, 0.15) is 5.69 Å². The zero-order valence-electron chi connectivity index (χ0n) is 12.7. The molecule has 2 aromatic rings. The van der Waals surface area contributed by atoms with Crippen LogP contribution in [-0.2, 0) is 6.42 Å². The average Bonchev–Trinajstić information content (AvgIpc) is 2.50. The molecule has 0 aliphatic carbocycles. The molecule has 2 rings (SSSR count). The summed E-state index contributed by atoms with van der Waals surface area (Å²) in [5.41, 5.74) is 4.42. The number of amides is 1. The van der Waals surface area contributed by atoms with Crippen LogP contribution in [0.2, 0.25) is 0 Å². The minimum atomic E-state index is -0.179. The monoisotopic (exact) mass is 283 g/mol. The van der Waals surface area contributed by atoms with Crippen LogP contribution < -0.4 is 10.6 Å². The van der Waals surface area contributed by atoms with Crippen LogP contribution in [0.25, 0.3) is 0 Å². The molecular weight excluding hydrogens is 262 g/mol. The predicted octanol–water partition coefficient (Wildman–Crippen LogP) is 3.64. The van der Waals surface area contributed by atoms with Gasteiger partial charge >= 0.3 is 0 Å². The molecule has 1 aromatic heterocycles. The second-order valence-corrected chi connectivity index (χ2v) is 4.88. The van der Waals surface area contributed by atoms with Gasteiger partial charge < -0.3 is 10.6 Å². The molecule has 0 bridgehead atoms. The van der Waals surface area contributed by atoms with Gasteiger partial charge in [-0.2, -0.15) is 0 Å². The van der Waals surface area contributed by atoms with Gasteiger partial charge in [0.15, 0.2) is 0 Å². The Hall–Kier alpha value is -2.36. The first-order valence-corrected chi connectivity index (χ1v) is 7.25. The molecule has 0 aliphatic heterocycles. The summed E-state index contributed by atoms with van der Waals surface area (Å²) in [6, 6.07) is 9.63. The quantitative estimate of drug-likeness (QED) is 0.881. The molecule has 4 heteroatoms. The Morgan fingerprint density at radius 3 is 2.62 bits per heavy atom. The number of rotatable bonds is 5. The first-order chi connectivity index (χ1) is 10.2. The molecule has 0 saturated heterocycles. The van der Waals surface area contributed by atoms with Crippen LogP contribution in [0.15, 0.2) is 36.5 Å². The van der Waals surface area contributed by atoms with Gasteiger partial charge in [-0.25, -0.2) is 4.98 Å². The molecule has 21 heavy (non-hydrogen) atoms. The molecule has 0 saturated carbocycles. The van der Waals surface area contributed by atoms with Gasteiger partial charge in [-0.15, -0.1) is 0 Å². The molecule has 0 fully saturated rings. The van der Waals surface area contributed by atoms with Crippen molar-refractivity contribution in [2.75, 3.05) is 17.2 Å². The Bertz CT molecular complexity index is 620. The smallest absolute Gasteiger partial charge is 0.274 e. The maximum Gasteiger partial charge on any atom is 0.274 e. The zero-order valence-corrected chi connectivity index (χ0v) is 12.7. The highest BCUT2D eigenvalue weighted by atomic mass is 16.1. The molecule has 4 nitrogen and oxygen atoms in total. The van der Waals surface area contributed by atoms with E-state index in [9.17, 15) is 4.79 Å². The van der Waals surface area contributed by atoms with Crippen molar-refractivity contribution < 1.29 is 4.79 Å². The number of carbonyl (C=O) groups excluding carboxylic acids is 1. The summed E-state index contributed by atoms with van der Waals surface area (Å²) >= 11 is 0. The summed E-state index contributed by atoms with van der Waals surface area (Å²) in [7, 11) is 0. The number of nitrogens with one attached hydrogen (secondary N) is 2. The van der Waals surface area contributed by atoms with Crippen molar-refractivity contribution in [3.8, 4) is 0 Å². The first-order valence-electron chi connectivity index (χ1n) is 7.25. The van der Waals surface area contributed by atoms with E-state index in [2.05, 4.69) is 22.5 Å². The standard InChI is InChI=1S/C17H21N3O/c1-4-13-8-6-7-12(3)16(13)20-17(21)15-10-9-14(11-19-15)18-5-2/h6-11,18H,4-5H2,1-3H3,(H,20,21). The lowest BCUT2D eigenvalue weighted by molar-refractivity contribution is 0.102. The average molecular weight is 283 g/mol. The Labute approximate surface area is 125 Å². The highest BCUT2D eigenvalue weighted by Gasteiger charge is 2.11. The summed E-state index contributed by atoms with van der Waals surface area (Å²) in [6.45, 7) is 6.92. The first kappa shape index (κ1) is 15.0. The lowest BCUT2D eigenvalue weighted by atomic mass is 10.1. The van der Waals surface area contributed by atoms with Crippen molar-refractivity contribution in [2.45, 2.75) is 27.2 Å².